The number of phenolic OH excluding ortho intramolecular Hbond substituents is 1. The van der Waals surface area contributed by atoms with E-state index in [1.54, 1.807) is 12.1 Å². The second kappa shape index (κ2) is 7.46. The Kier molecular flexibility index (Phi) is 5.53. The number of carbonyl (C=O) groups excluding carboxylic acids is 1. The molecule has 2 aliphatic carbocycles. The zero-order chi connectivity index (χ0) is 20.7. The lowest BCUT2D eigenvalue weighted by Crippen LogP contribution is -2.51. The predicted molar refractivity (Wildman–Crippen MR) is 111 cm³/mol. The van der Waals surface area contributed by atoms with Gasteiger partial charge in [0.25, 0.3) is 0 Å². The summed E-state index contributed by atoms with van der Waals surface area (Å²) in [5, 5.41) is 10.8. The third-order valence-corrected chi connectivity index (χ3v) is 7.93. The molecule has 1 N–H and O–H groups in total. The van der Waals surface area contributed by atoms with Crippen molar-refractivity contribution in [1.82, 2.24) is 0 Å². The first kappa shape index (κ1) is 20.8. The van der Waals surface area contributed by atoms with Crippen molar-refractivity contribution >= 4 is 5.97 Å². The fourth-order valence-corrected chi connectivity index (χ4v) is 5.87. The number of allylic oxidation sites excluding steroid dienone is 1. The van der Waals surface area contributed by atoms with Gasteiger partial charge in [-0.15, -0.1) is 0 Å². The molecule has 0 saturated heterocycles. The van der Waals surface area contributed by atoms with E-state index in [4.69, 9.17) is 9.47 Å². The Morgan fingerprint density at radius 2 is 2.00 bits per heavy atom. The maximum absolute atomic E-state index is 12.1. The first-order valence-electron chi connectivity index (χ1n) is 10.3. The molecular weight excluding hydrogens is 352 g/mol. The molecule has 0 bridgehead atoms. The molecule has 0 aliphatic heterocycles. The summed E-state index contributed by atoms with van der Waals surface area (Å²) >= 11 is 0. The van der Waals surface area contributed by atoms with Crippen LogP contribution in [-0.2, 0) is 11.2 Å². The largest absolute Gasteiger partial charge is 0.504 e. The Bertz CT molecular complexity index is 783. The highest BCUT2D eigenvalue weighted by Gasteiger charge is 2.54. The van der Waals surface area contributed by atoms with Crippen molar-refractivity contribution in [2.75, 3.05) is 14.2 Å². The highest BCUT2D eigenvalue weighted by Crippen LogP contribution is 2.62. The number of esters is 1. The zero-order valence-corrected chi connectivity index (χ0v) is 17.9. The first-order chi connectivity index (χ1) is 13.2. The van der Waals surface area contributed by atoms with Crippen LogP contribution in [0.3, 0.4) is 0 Å². The van der Waals surface area contributed by atoms with Crippen molar-refractivity contribution in [1.29, 1.82) is 0 Å². The number of ether oxygens (including phenoxy) is 2. The Hall–Kier alpha value is -1.97. The highest BCUT2D eigenvalue weighted by molar-refractivity contribution is 5.90. The molecule has 0 amide bonds. The SMILES string of the molecule is C=C1CCC[C@H]2[C@](C)(Cc3cc(C(=O)OC)cc(OC)c3O)[C@@H](C)CC[C@]12C. The van der Waals surface area contributed by atoms with Crippen molar-refractivity contribution in [2.45, 2.75) is 59.3 Å². The number of fused-ring (bicyclic) bond motifs is 1. The number of carbonyl (C=O) groups is 1. The molecule has 3 rings (SSSR count). The van der Waals surface area contributed by atoms with E-state index in [9.17, 15) is 9.90 Å². The summed E-state index contributed by atoms with van der Waals surface area (Å²) in [4.78, 5) is 12.1. The Balaban J connectivity index is 2.05. The summed E-state index contributed by atoms with van der Waals surface area (Å²) in [6.45, 7) is 11.5. The van der Waals surface area contributed by atoms with Crippen molar-refractivity contribution in [2.24, 2.45) is 22.7 Å². The lowest BCUT2D eigenvalue weighted by Gasteiger charge is -2.59. The molecule has 2 saturated carbocycles. The van der Waals surface area contributed by atoms with E-state index < -0.39 is 5.97 Å². The lowest BCUT2D eigenvalue weighted by atomic mass is 9.46. The molecule has 0 radical (unpaired) electrons. The molecule has 2 aliphatic rings. The number of phenols is 1. The molecule has 2 fully saturated rings. The topological polar surface area (TPSA) is 55.8 Å². The van der Waals surface area contributed by atoms with Gasteiger partial charge in [-0.1, -0.05) is 32.9 Å². The van der Waals surface area contributed by atoms with Gasteiger partial charge in [0.15, 0.2) is 11.5 Å². The maximum Gasteiger partial charge on any atom is 0.337 e. The molecule has 0 spiro atoms. The first-order valence-corrected chi connectivity index (χ1v) is 10.3. The monoisotopic (exact) mass is 386 g/mol. The quantitative estimate of drug-likeness (QED) is 0.546. The van der Waals surface area contributed by atoms with Gasteiger partial charge < -0.3 is 14.6 Å². The van der Waals surface area contributed by atoms with E-state index in [0.717, 1.165) is 18.4 Å². The summed E-state index contributed by atoms with van der Waals surface area (Å²) in [5.41, 5.74) is 2.71. The van der Waals surface area contributed by atoms with Gasteiger partial charge in [-0.05, 0) is 78.9 Å². The number of hydrogen-bond donors (Lipinski definition) is 1. The van der Waals surface area contributed by atoms with Crippen LogP contribution < -0.4 is 4.74 Å². The molecule has 0 aromatic heterocycles. The van der Waals surface area contributed by atoms with Crippen LogP contribution in [0.25, 0.3) is 0 Å². The van der Waals surface area contributed by atoms with E-state index in [0.29, 0.717) is 29.6 Å². The minimum Gasteiger partial charge on any atom is -0.504 e. The molecule has 154 valence electrons. The van der Waals surface area contributed by atoms with Gasteiger partial charge in [-0.25, -0.2) is 4.79 Å². The molecule has 4 heteroatoms. The molecule has 0 unspecified atom stereocenters. The van der Waals surface area contributed by atoms with E-state index >= 15 is 0 Å². The number of hydrogen-bond acceptors (Lipinski definition) is 4. The van der Waals surface area contributed by atoms with Gasteiger partial charge >= 0.3 is 5.97 Å². The molecule has 4 atom stereocenters. The average Bonchev–Trinajstić information content (AvgIpc) is 2.68. The summed E-state index contributed by atoms with van der Waals surface area (Å²) in [7, 11) is 2.87. The summed E-state index contributed by atoms with van der Waals surface area (Å²) in [6.07, 6.45) is 6.52. The third-order valence-electron chi connectivity index (χ3n) is 7.93. The van der Waals surface area contributed by atoms with Crippen molar-refractivity contribution in [3.8, 4) is 11.5 Å². The van der Waals surface area contributed by atoms with Gasteiger partial charge in [0.2, 0.25) is 0 Å². The molecule has 0 heterocycles. The van der Waals surface area contributed by atoms with Gasteiger partial charge in [-0.2, -0.15) is 0 Å². The van der Waals surface area contributed by atoms with Crippen LogP contribution in [0.1, 0.15) is 68.8 Å². The van der Waals surface area contributed by atoms with E-state index in [-0.39, 0.29) is 16.6 Å². The molecule has 1 aromatic rings. The minimum absolute atomic E-state index is 0.00753. The van der Waals surface area contributed by atoms with Gasteiger partial charge in [0, 0.05) is 0 Å². The van der Waals surface area contributed by atoms with Gasteiger partial charge in [0.1, 0.15) is 0 Å². The summed E-state index contributed by atoms with van der Waals surface area (Å²) in [5.74, 6) is 1.06. The fourth-order valence-electron chi connectivity index (χ4n) is 5.87. The van der Waals surface area contributed by atoms with Gasteiger partial charge in [0.05, 0.1) is 19.8 Å². The van der Waals surface area contributed by atoms with Crippen molar-refractivity contribution in [3.05, 3.63) is 35.4 Å². The maximum atomic E-state index is 12.1. The normalized spacial score (nSPS) is 32.5. The van der Waals surface area contributed by atoms with Crippen molar-refractivity contribution < 1.29 is 19.4 Å². The van der Waals surface area contributed by atoms with E-state index in [1.165, 1.54) is 39.1 Å². The van der Waals surface area contributed by atoms with Crippen LogP contribution >= 0.6 is 0 Å². The fraction of sp³-hybridized carbons (Fsp3) is 0.625. The Labute approximate surface area is 168 Å². The number of methoxy groups -OCH3 is 2. The molecule has 1 aromatic carbocycles. The minimum atomic E-state index is -0.419. The second-order valence-electron chi connectivity index (χ2n) is 9.27. The smallest absolute Gasteiger partial charge is 0.337 e. The molecular formula is C24H34O4. The summed E-state index contributed by atoms with van der Waals surface area (Å²) < 4.78 is 10.2. The number of rotatable bonds is 4. The second-order valence-corrected chi connectivity index (χ2v) is 9.27. The van der Waals surface area contributed by atoms with Crippen molar-refractivity contribution in [3.63, 3.8) is 0 Å². The van der Waals surface area contributed by atoms with Gasteiger partial charge in [-0.3, -0.25) is 0 Å². The van der Waals surface area contributed by atoms with Crippen LogP contribution in [0.15, 0.2) is 24.3 Å². The van der Waals surface area contributed by atoms with Crippen LogP contribution in [0.2, 0.25) is 0 Å². The lowest BCUT2D eigenvalue weighted by molar-refractivity contribution is -0.0491. The van der Waals surface area contributed by atoms with Crippen LogP contribution in [-0.4, -0.2) is 25.3 Å². The Morgan fingerprint density at radius 1 is 1.29 bits per heavy atom. The van der Waals surface area contributed by atoms with E-state index in [2.05, 4.69) is 27.4 Å². The average molecular weight is 387 g/mol. The third kappa shape index (κ3) is 3.21. The highest BCUT2D eigenvalue weighted by atomic mass is 16.5. The van der Waals surface area contributed by atoms with Crippen LogP contribution in [0.5, 0.6) is 11.5 Å². The zero-order valence-electron chi connectivity index (χ0n) is 17.9. The standard InChI is InChI=1S/C24H34O4/c1-15-8-7-9-20-23(15,3)11-10-16(2)24(20,4)14-18-12-17(22(26)28-6)13-19(27-5)21(18)25/h12-13,16,20,25H,1,7-11,14H2,2-6H3/t16-,20+,23+,24+/m0/s1. The Morgan fingerprint density at radius 3 is 2.64 bits per heavy atom. The number of aromatic hydroxyl groups is 1. The van der Waals surface area contributed by atoms with Crippen LogP contribution in [0, 0.1) is 22.7 Å². The number of benzene rings is 1. The molecule has 4 nitrogen and oxygen atoms in total. The van der Waals surface area contributed by atoms with Crippen LogP contribution in [0.4, 0.5) is 0 Å². The van der Waals surface area contributed by atoms with E-state index in [1.807, 2.05) is 0 Å². The predicted octanol–water partition coefficient (Wildman–Crippen LogP) is 5.53. The molecule has 28 heavy (non-hydrogen) atoms. The summed E-state index contributed by atoms with van der Waals surface area (Å²) in [6, 6.07) is 3.31.